The zero-order valence-electron chi connectivity index (χ0n) is 13.7. The van der Waals surface area contributed by atoms with Crippen LogP contribution in [0.3, 0.4) is 0 Å². The van der Waals surface area contributed by atoms with Crippen LogP contribution in [0.4, 0.5) is 0 Å². The fraction of sp³-hybridized carbons (Fsp3) is 0.316. The molecule has 0 saturated carbocycles. The largest absolute Gasteiger partial charge is 0.491 e. The molecule has 0 aliphatic rings. The molecule has 2 rings (SSSR count). The van der Waals surface area contributed by atoms with E-state index in [0.29, 0.717) is 43.6 Å². The normalized spacial score (nSPS) is 10.4. The summed E-state index contributed by atoms with van der Waals surface area (Å²) in [6.45, 7) is 3.17. The highest BCUT2D eigenvalue weighted by atomic mass is 35.5. The van der Waals surface area contributed by atoms with Gasteiger partial charge in [-0.1, -0.05) is 48.0 Å². The molecule has 0 spiro atoms. The maximum atomic E-state index is 10.8. The summed E-state index contributed by atoms with van der Waals surface area (Å²) in [5.41, 5.74) is 2.08. The summed E-state index contributed by atoms with van der Waals surface area (Å²) < 4.78 is 16.3. The highest BCUT2D eigenvalue weighted by molar-refractivity contribution is 6.30. The van der Waals surface area contributed by atoms with Crippen molar-refractivity contribution in [3.63, 3.8) is 0 Å². The second kappa shape index (κ2) is 9.96. The third-order valence-electron chi connectivity index (χ3n) is 3.30. The van der Waals surface area contributed by atoms with E-state index in [-0.39, 0.29) is 5.97 Å². The first-order chi connectivity index (χ1) is 11.6. The molecule has 0 fully saturated rings. The first-order valence-corrected chi connectivity index (χ1v) is 8.19. The number of halogens is 1. The molecular formula is C19H21ClO4. The van der Waals surface area contributed by atoms with E-state index in [1.54, 1.807) is 12.1 Å². The Kier molecular flexibility index (Phi) is 7.59. The van der Waals surface area contributed by atoms with E-state index in [1.165, 1.54) is 6.92 Å². The highest BCUT2D eigenvalue weighted by Crippen LogP contribution is 2.24. The van der Waals surface area contributed by atoms with E-state index >= 15 is 0 Å². The van der Waals surface area contributed by atoms with Gasteiger partial charge >= 0.3 is 5.97 Å². The molecule has 0 heterocycles. The predicted octanol–water partition coefficient (Wildman–Crippen LogP) is 4.04. The maximum Gasteiger partial charge on any atom is 0.302 e. The Hall–Kier alpha value is -2.04. The third-order valence-corrected chi connectivity index (χ3v) is 3.54. The first-order valence-electron chi connectivity index (χ1n) is 7.81. The maximum absolute atomic E-state index is 10.8. The average molecular weight is 349 g/mol. The minimum absolute atomic E-state index is 0.291. The van der Waals surface area contributed by atoms with Crippen LogP contribution in [0.15, 0.2) is 48.5 Å². The van der Waals surface area contributed by atoms with E-state index in [4.69, 9.17) is 25.8 Å². The third kappa shape index (κ3) is 6.60. The Bertz CT molecular complexity index is 643. The van der Waals surface area contributed by atoms with Crippen LogP contribution in [0.5, 0.6) is 5.75 Å². The van der Waals surface area contributed by atoms with Crippen molar-refractivity contribution in [2.45, 2.75) is 20.0 Å². The zero-order valence-corrected chi connectivity index (χ0v) is 14.4. The summed E-state index contributed by atoms with van der Waals surface area (Å²) in [7, 11) is 0. The molecule has 128 valence electrons. The lowest BCUT2D eigenvalue weighted by atomic mass is 10.1. The number of hydrogen-bond acceptors (Lipinski definition) is 4. The van der Waals surface area contributed by atoms with Crippen molar-refractivity contribution < 1.29 is 19.0 Å². The van der Waals surface area contributed by atoms with Gasteiger partial charge in [-0.15, -0.1) is 0 Å². The van der Waals surface area contributed by atoms with Crippen LogP contribution in [0.25, 0.3) is 0 Å². The van der Waals surface area contributed by atoms with Crippen LogP contribution in [0, 0.1) is 0 Å². The summed E-state index contributed by atoms with van der Waals surface area (Å²) in [6.07, 6.45) is 0.580. The quantitative estimate of drug-likeness (QED) is 0.506. The van der Waals surface area contributed by atoms with Gasteiger partial charge in [0, 0.05) is 18.4 Å². The van der Waals surface area contributed by atoms with Gasteiger partial charge < -0.3 is 14.2 Å². The van der Waals surface area contributed by atoms with Crippen LogP contribution in [-0.2, 0) is 27.3 Å². The first kappa shape index (κ1) is 18.3. The molecule has 0 aliphatic carbocycles. The van der Waals surface area contributed by atoms with E-state index in [9.17, 15) is 4.79 Å². The molecule has 2 aromatic rings. The Morgan fingerprint density at radius 3 is 2.58 bits per heavy atom. The van der Waals surface area contributed by atoms with Gasteiger partial charge in [0.25, 0.3) is 0 Å². The second-order valence-electron chi connectivity index (χ2n) is 5.23. The molecule has 0 bridgehead atoms. The van der Waals surface area contributed by atoms with E-state index in [1.807, 2.05) is 36.4 Å². The molecule has 0 amide bonds. The number of rotatable bonds is 9. The number of esters is 1. The Morgan fingerprint density at radius 1 is 1.04 bits per heavy atom. The van der Waals surface area contributed by atoms with Gasteiger partial charge in [0.2, 0.25) is 0 Å². The topological polar surface area (TPSA) is 44.8 Å². The van der Waals surface area contributed by atoms with Gasteiger partial charge in [0.1, 0.15) is 12.4 Å². The van der Waals surface area contributed by atoms with Crippen LogP contribution >= 0.6 is 11.6 Å². The Labute approximate surface area is 147 Å². The number of benzene rings is 2. The fourth-order valence-corrected chi connectivity index (χ4v) is 2.31. The van der Waals surface area contributed by atoms with Crippen LogP contribution in [-0.4, -0.2) is 25.8 Å². The van der Waals surface area contributed by atoms with E-state index in [0.717, 1.165) is 11.1 Å². The molecule has 5 heteroatoms. The number of hydrogen-bond donors (Lipinski definition) is 0. The molecule has 4 nitrogen and oxygen atoms in total. The van der Waals surface area contributed by atoms with Crippen molar-refractivity contribution in [3.8, 4) is 5.75 Å². The molecule has 0 saturated heterocycles. The lowest BCUT2D eigenvalue weighted by Crippen LogP contribution is -2.09. The molecule has 0 radical (unpaired) electrons. The summed E-state index contributed by atoms with van der Waals surface area (Å²) >= 11 is 6.02. The minimum atomic E-state index is -0.291. The zero-order chi connectivity index (χ0) is 17.2. The van der Waals surface area contributed by atoms with Crippen molar-refractivity contribution in [3.05, 3.63) is 64.7 Å². The van der Waals surface area contributed by atoms with Gasteiger partial charge in [-0.2, -0.15) is 0 Å². The number of ether oxygens (including phenoxy) is 3. The molecule has 0 N–H and O–H groups in total. The standard InChI is InChI=1S/C19H21ClO4/c1-15(21)23-10-9-17-7-8-18(20)13-19(17)24-12-11-22-14-16-5-3-2-4-6-16/h2-8,13H,9-12,14H2,1H3. The minimum Gasteiger partial charge on any atom is -0.491 e. The molecular weight excluding hydrogens is 328 g/mol. The molecule has 2 aromatic carbocycles. The SMILES string of the molecule is CC(=O)OCCc1ccc(Cl)cc1OCCOCc1ccccc1. The summed E-state index contributed by atoms with van der Waals surface area (Å²) in [6, 6.07) is 15.4. The van der Waals surface area contributed by atoms with Gasteiger partial charge in [0.15, 0.2) is 0 Å². The average Bonchev–Trinajstić information content (AvgIpc) is 2.57. The van der Waals surface area contributed by atoms with Crippen molar-refractivity contribution >= 4 is 17.6 Å². The Morgan fingerprint density at radius 2 is 1.83 bits per heavy atom. The highest BCUT2D eigenvalue weighted by Gasteiger charge is 2.06. The summed E-state index contributed by atoms with van der Waals surface area (Å²) in [5, 5.41) is 0.603. The van der Waals surface area contributed by atoms with Gasteiger partial charge in [-0.05, 0) is 23.3 Å². The summed E-state index contributed by atoms with van der Waals surface area (Å²) in [5.74, 6) is 0.402. The lowest BCUT2D eigenvalue weighted by Gasteiger charge is -2.12. The Balaban J connectivity index is 1.78. The van der Waals surface area contributed by atoms with Crippen molar-refractivity contribution in [1.82, 2.24) is 0 Å². The monoisotopic (exact) mass is 348 g/mol. The van der Waals surface area contributed by atoms with Crippen molar-refractivity contribution in [2.75, 3.05) is 19.8 Å². The van der Waals surface area contributed by atoms with Crippen LogP contribution in [0.2, 0.25) is 5.02 Å². The summed E-state index contributed by atoms with van der Waals surface area (Å²) in [4.78, 5) is 10.8. The number of carbonyl (C=O) groups excluding carboxylic acids is 1. The fourth-order valence-electron chi connectivity index (χ4n) is 2.15. The van der Waals surface area contributed by atoms with Gasteiger partial charge in [0.05, 0.1) is 19.8 Å². The van der Waals surface area contributed by atoms with Gasteiger partial charge in [-0.25, -0.2) is 0 Å². The molecule has 0 aliphatic heterocycles. The van der Waals surface area contributed by atoms with E-state index in [2.05, 4.69) is 0 Å². The van der Waals surface area contributed by atoms with Crippen molar-refractivity contribution in [2.24, 2.45) is 0 Å². The predicted molar refractivity (Wildman–Crippen MR) is 93.4 cm³/mol. The van der Waals surface area contributed by atoms with E-state index < -0.39 is 0 Å². The van der Waals surface area contributed by atoms with Crippen LogP contribution < -0.4 is 4.74 Å². The van der Waals surface area contributed by atoms with Gasteiger partial charge in [-0.3, -0.25) is 4.79 Å². The lowest BCUT2D eigenvalue weighted by molar-refractivity contribution is -0.140. The molecule has 0 aromatic heterocycles. The smallest absolute Gasteiger partial charge is 0.302 e. The van der Waals surface area contributed by atoms with Crippen molar-refractivity contribution in [1.29, 1.82) is 0 Å². The molecule has 0 atom stereocenters. The second-order valence-corrected chi connectivity index (χ2v) is 5.67. The molecule has 0 unspecified atom stereocenters. The molecule has 24 heavy (non-hydrogen) atoms. The number of carbonyl (C=O) groups is 1. The van der Waals surface area contributed by atoms with Crippen LogP contribution in [0.1, 0.15) is 18.1 Å².